The fourth-order valence-electron chi connectivity index (χ4n) is 1.50. The molecule has 15 heavy (non-hydrogen) atoms. The number of carbonyl (C=O) groups excluding carboxylic acids is 2. The van der Waals surface area contributed by atoms with Gasteiger partial charge in [0.1, 0.15) is 6.04 Å². The van der Waals surface area contributed by atoms with Crippen LogP contribution in [0.3, 0.4) is 0 Å². The molecule has 0 aromatic heterocycles. The zero-order valence-corrected chi connectivity index (χ0v) is 8.95. The van der Waals surface area contributed by atoms with E-state index in [1.807, 2.05) is 6.92 Å². The molecule has 1 rings (SSSR count). The molecule has 5 heteroatoms. The highest BCUT2D eigenvalue weighted by atomic mass is 16.2. The number of nitrogens with one attached hydrogen (secondary N) is 1. The van der Waals surface area contributed by atoms with Crippen molar-refractivity contribution in [3.05, 3.63) is 12.2 Å². The highest BCUT2D eigenvalue weighted by molar-refractivity contribution is 6.04. The summed E-state index contributed by atoms with van der Waals surface area (Å²) >= 11 is 0. The average Bonchev–Trinajstić information content (AvgIpc) is 2.46. The third-order valence-electron chi connectivity index (χ3n) is 2.35. The van der Waals surface area contributed by atoms with Gasteiger partial charge < -0.3 is 11.1 Å². The Morgan fingerprint density at radius 1 is 1.60 bits per heavy atom. The molecule has 0 aromatic rings. The highest BCUT2D eigenvalue weighted by Crippen LogP contribution is 2.11. The number of nitrogens with zero attached hydrogens (tertiary/aromatic N) is 1. The maximum atomic E-state index is 11.7. The molecule has 0 radical (unpaired) electrons. The monoisotopic (exact) mass is 211 g/mol. The summed E-state index contributed by atoms with van der Waals surface area (Å²) in [7, 11) is 0. The number of urea groups is 1. The van der Waals surface area contributed by atoms with Crippen LogP contribution < -0.4 is 11.1 Å². The van der Waals surface area contributed by atoms with E-state index in [1.54, 1.807) is 0 Å². The first-order valence-corrected chi connectivity index (χ1v) is 5.08. The van der Waals surface area contributed by atoms with Gasteiger partial charge in [-0.1, -0.05) is 19.9 Å². The van der Waals surface area contributed by atoms with Crippen molar-refractivity contribution in [1.82, 2.24) is 10.2 Å². The van der Waals surface area contributed by atoms with E-state index in [4.69, 9.17) is 5.73 Å². The smallest absolute Gasteiger partial charge is 0.325 e. The minimum Gasteiger partial charge on any atom is -0.327 e. The van der Waals surface area contributed by atoms with Crippen LogP contribution >= 0.6 is 0 Å². The van der Waals surface area contributed by atoms with Crippen LogP contribution in [0.25, 0.3) is 0 Å². The Morgan fingerprint density at radius 3 is 2.80 bits per heavy atom. The molecular formula is C10H17N3O2. The second-order valence-corrected chi connectivity index (χ2v) is 3.67. The van der Waals surface area contributed by atoms with Gasteiger partial charge in [-0.3, -0.25) is 9.69 Å². The SMILES string of the molecule is C=C(CN)CN1C(=O)NC(CCC)C1=O. The van der Waals surface area contributed by atoms with Crippen molar-refractivity contribution in [3.8, 4) is 0 Å². The van der Waals surface area contributed by atoms with Crippen LogP contribution in [0.1, 0.15) is 19.8 Å². The predicted molar refractivity (Wildman–Crippen MR) is 57.1 cm³/mol. The third kappa shape index (κ3) is 2.56. The van der Waals surface area contributed by atoms with E-state index in [0.717, 1.165) is 6.42 Å². The summed E-state index contributed by atoms with van der Waals surface area (Å²) in [5, 5.41) is 2.64. The van der Waals surface area contributed by atoms with Gasteiger partial charge in [-0.25, -0.2) is 4.79 Å². The summed E-state index contributed by atoms with van der Waals surface area (Å²) in [6, 6.07) is -0.707. The standard InChI is InChI=1S/C10H17N3O2/c1-3-4-8-9(14)13(10(15)12-8)6-7(2)5-11/h8H,2-6,11H2,1H3,(H,12,15). The summed E-state index contributed by atoms with van der Waals surface area (Å²) in [4.78, 5) is 24.3. The van der Waals surface area contributed by atoms with Crippen LogP contribution in [-0.2, 0) is 4.79 Å². The van der Waals surface area contributed by atoms with Gasteiger partial charge in [0.15, 0.2) is 0 Å². The van der Waals surface area contributed by atoms with Gasteiger partial charge in [0.25, 0.3) is 5.91 Å². The Bertz CT molecular complexity index is 288. The number of nitrogens with two attached hydrogens (primary N) is 1. The zero-order valence-electron chi connectivity index (χ0n) is 8.95. The molecule has 1 heterocycles. The summed E-state index contributed by atoms with van der Waals surface area (Å²) in [6.07, 6.45) is 1.54. The number of hydrogen-bond acceptors (Lipinski definition) is 3. The minimum atomic E-state index is -0.368. The van der Waals surface area contributed by atoms with Crippen molar-refractivity contribution in [1.29, 1.82) is 0 Å². The minimum absolute atomic E-state index is 0.170. The van der Waals surface area contributed by atoms with E-state index in [1.165, 1.54) is 4.90 Å². The lowest BCUT2D eigenvalue weighted by Crippen LogP contribution is -2.34. The Labute approximate surface area is 89.3 Å². The molecule has 0 aromatic carbocycles. The molecule has 0 aliphatic carbocycles. The summed E-state index contributed by atoms with van der Waals surface area (Å²) in [5.74, 6) is -0.170. The third-order valence-corrected chi connectivity index (χ3v) is 2.35. The molecule has 1 saturated heterocycles. The molecule has 0 bridgehead atoms. The van der Waals surface area contributed by atoms with Crippen LogP contribution in [0.5, 0.6) is 0 Å². The fourth-order valence-corrected chi connectivity index (χ4v) is 1.50. The van der Waals surface area contributed by atoms with Gasteiger partial charge in [-0.15, -0.1) is 0 Å². The van der Waals surface area contributed by atoms with Gasteiger partial charge in [0, 0.05) is 6.54 Å². The molecule has 1 unspecified atom stereocenters. The van der Waals surface area contributed by atoms with Crippen molar-refractivity contribution in [2.24, 2.45) is 5.73 Å². The molecule has 0 saturated carbocycles. The molecule has 1 atom stereocenters. The van der Waals surface area contributed by atoms with Gasteiger partial charge in [0.2, 0.25) is 0 Å². The van der Waals surface area contributed by atoms with E-state index in [9.17, 15) is 9.59 Å². The van der Waals surface area contributed by atoms with Gasteiger partial charge >= 0.3 is 6.03 Å². The number of amides is 3. The molecule has 1 aliphatic heterocycles. The second-order valence-electron chi connectivity index (χ2n) is 3.67. The molecule has 1 aliphatic rings. The van der Waals surface area contributed by atoms with Crippen LogP contribution in [0, 0.1) is 0 Å². The number of carbonyl (C=O) groups is 2. The largest absolute Gasteiger partial charge is 0.327 e. The van der Waals surface area contributed by atoms with E-state index in [-0.39, 0.29) is 31.1 Å². The molecule has 3 N–H and O–H groups in total. The number of hydrogen-bond donors (Lipinski definition) is 2. The summed E-state index contributed by atoms with van der Waals surface area (Å²) in [5.41, 5.74) is 6.04. The number of rotatable bonds is 5. The lowest BCUT2D eigenvalue weighted by molar-refractivity contribution is -0.127. The Balaban J connectivity index is 2.62. The molecular weight excluding hydrogens is 194 g/mol. The lowest BCUT2D eigenvalue weighted by atomic mass is 10.1. The van der Waals surface area contributed by atoms with Crippen molar-refractivity contribution in [2.45, 2.75) is 25.8 Å². The quantitative estimate of drug-likeness (QED) is 0.504. The van der Waals surface area contributed by atoms with Gasteiger partial charge in [-0.2, -0.15) is 0 Å². The first kappa shape index (κ1) is 11.7. The highest BCUT2D eigenvalue weighted by Gasteiger charge is 2.36. The summed E-state index contributed by atoms with van der Waals surface area (Å²) in [6.45, 7) is 6.16. The first-order chi connectivity index (χ1) is 7.10. The van der Waals surface area contributed by atoms with E-state index in [0.29, 0.717) is 12.0 Å². The normalized spacial score (nSPS) is 20.7. The molecule has 1 fully saturated rings. The fraction of sp³-hybridized carbons (Fsp3) is 0.600. The Morgan fingerprint density at radius 2 is 2.27 bits per heavy atom. The average molecular weight is 211 g/mol. The van der Waals surface area contributed by atoms with E-state index >= 15 is 0 Å². The summed E-state index contributed by atoms with van der Waals surface area (Å²) < 4.78 is 0. The predicted octanol–water partition coefficient (Wildman–Crippen LogP) is 0.222. The van der Waals surface area contributed by atoms with Crippen LogP contribution in [0.4, 0.5) is 4.79 Å². The van der Waals surface area contributed by atoms with Gasteiger partial charge in [-0.05, 0) is 12.0 Å². The Hall–Kier alpha value is -1.36. The van der Waals surface area contributed by atoms with Crippen molar-refractivity contribution in [2.75, 3.05) is 13.1 Å². The lowest BCUT2D eigenvalue weighted by Gasteiger charge is -2.13. The maximum Gasteiger partial charge on any atom is 0.325 e. The van der Waals surface area contributed by atoms with Crippen molar-refractivity contribution >= 4 is 11.9 Å². The number of imide groups is 1. The Kier molecular flexibility index (Phi) is 3.85. The van der Waals surface area contributed by atoms with Crippen molar-refractivity contribution < 1.29 is 9.59 Å². The topological polar surface area (TPSA) is 75.4 Å². The zero-order chi connectivity index (χ0) is 11.4. The van der Waals surface area contributed by atoms with Crippen LogP contribution in [0.15, 0.2) is 12.2 Å². The van der Waals surface area contributed by atoms with Crippen molar-refractivity contribution in [3.63, 3.8) is 0 Å². The maximum absolute atomic E-state index is 11.7. The first-order valence-electron chi connectivity index (χ1n) is 5.08. The molecule has 0 spiro atoms. The second kappa shape index (κ2) is 4.93. The molecule has 3 amide bonds. The van der Waals surface area contributed by atoms with Crippen LogP contribution in [0.2, 0.25) is 0 Å². The van der Waals surface area contributed by atoms with Crippen LogP contribution in [-0.4, -0.2) is 36.0 Å². The molecule has 84 valence electrons. The van der Waals surface area contributed by atoms with E-state index in [2.05, 4.69) is 11.9 Å². The van der Waals surface area contributed by atoms with E-state index < -0.39 is 0 Å². The molecule has 5 nitrogen and oxygen atoms in total. The van der Waals surface area contributed by atoms with Gasteiger partial charge in [0.05, 0.1) is 6.54 Å².